The Labute approximate surface area is 204 Å². The van der Waals surface area contributed by atoms with Gasteiger partial charge in [-0.3, -0.25) is 9.69 Å². The molecule has 1 saturated heterocycles. The zero-order valence-electron chi connectivity index (χ0n) is 16.8. The fourth-order valence-corrected chi connectivity index (χ4v) is 6.79. The number of fused-ring (bicyclic) bond motifs is 3. The Morgan fingerprint density at radius 3 is 2.82 bits per heavy atom. The Kier molecular flexibility index (Phi) is 5.33. The summed E-state index contributed by atoms with van der Waals surface area (Å²) in [5.41, 5.74) is 2.74. The first-order valence-electron chi connectivity index (χ1n) is 9.92. The number of nitrogens with zero attached hydrogens (tertiary/aromatic N) is 6. The summed E-state index contributed by atoms with van der Waals surface area (Å²) in [7, 11) is 0. The smallest absolute Gasteiger partial charge is 0.240 e. The van der Waals surface area contributed by atoms with Crippen molar-refractivity contribution in [3.8, 4) is 0 Å². The van der Waals surface area contributed by atoms with Crippen LogP contribution < -0.4 is 9.70 Å². The van der Waals surface area contributed by atoms with E-state index in [1.54, 1.807) is 4.90 Å². The van der Waals surface area contributed by atoms with Crippen molar-refractivity contribution >= 4 is 78.3 Å². The van der Waals surface area contributed by atoms with Crippen LogP contribution >= 0.6 is 46.0 Å². The van der Waals surface area contributed by atoms with Gasteiger partial charge in [0, 0.05) is 21.5 Å². The largest absolute Gasteiger partial charge is 0.345 e. The van der Waals surface area contributed by atoms with Crippen LogP contribution in [-0.2, 0) is 11.3 Å². The lowest BCUT2D eigenvalue weighted by atomic mass is 10.2. The molecule has 8 nitrogen and oxygen atoms in total. The van der Waals surface area contributed by atoms with Gasteiger partial charge in [0.05, 0.1) is 12.3 Å². The number of aromatic nitrogens is 5. The van der Waals surface area contributed by atoms with E-state index >= 15 is 0 Å². The molecule has 1 fully saturated rings. The lowest BCUT2D eigenvalue weighted by Gasteiger charge is -2.21. The summed E-state index contributed by atoms with van der Waals surface area (Å²) in [5, 5.41) is 19.8. The summed E-state index contributed by atoms with van der Waals surface area (Å²) in [5.74, 6) is 0.360. The minimum absolute atomic E-state index is 0.0121. The molecule has 1 atom stereocenters. The molecule has 5 aromatic rings. The van der Waals surface area contributed by atoms with E-state index in [0.717, 1.165) is 26.8 Å². The fraction of sp³-hybridized carbons (Fsp3) is 0.143. The van der Waals surface area contributed by atoms with Crippen molar-refractivity contribution < 1.29 is 4.79 Å². The number of benzene rings is 2. The summed E-state index contributed by atoms with van der Waals surface area (Å²) in [6.07, 6.45) is 0. The van der Waals surface area contributed by atoms with Gasteiger partial charge < -0.3 is 4.98 Å². The minimum Gasteiger partial charge on any atom is -0.345 e. The predicted molar refractivity (Wildman–Crippen MR) is 133 cm³/mol. The van der Waals surface area contributed by atoms with Gasteiger partial charge in [0.25, 0.3) is 0 Å². The van der Waals surface area contributed by atoms with E-state index in [2.05, 4.69) is 30.4 Å². The first-order valence-corrected chi connectivity index (χ1v) is 13.0. The number of amides is 1. The van der Waals surface area contributed by atoms with Crippen LogP contribution in [0.5, 0.6) is 0 Å². The molecule has 12 heteroatoms. The topological polar surface area (TPSA) is 100 Å². The molecule has 3 aromatic heterocycles. The predicted octanol–water partition coefficient (Wildman–Crippen LogP) is 4.56. The van der Waals surface area contributed by atoms with Crippen LogP contribution in [0, 0.1) is 0 Å². The Morgan fingerprint density at radius 2 is 1.91 bits per heavy atom. The van der Waals surface area contributed by atoms with Gasteiger partial charge in [-0.15, -0.1) is 32.2 Å². The number of rotatable bonds is 4. The molecule has 33 heavy (non-hydrogen) atoms. The Bertz CT molecular complexity index is 1580. The number of carbonyl (C=O) groups is 1. The van der Waals surface area contributed by atoms with E-state index in [1.807, 2.05) is 48.5 Å². The van der Waals surface area contributed by atoms with E-state index in [4.69, 9.17) is 11.6 Å². The molecule has 0 aliphatic carbocycles. The molecular formula is C21H14ClN7OS3. The van der Waals surface area contributed by atoms with Crippen LogP contribution in [0.3, 0.4) is 0 Å². The van der Waals surface area contributed by atoms with Gasteiger partial charge >= 0.3 is 0 Å². The van der Waals surface area contributed by atoms with Crippen molar-refractivity contribution in [2.45, 2.75) is 11.9 Å². The van der Waals surface area contributed by atoms with Crippen molar-refractivity contribution in [3.05, 3.63) is 68.9 Å². The average molecular weight is 512 g/mol. The molecule has 1 unspecified atom stereocenters. The number of carbonyl (C=O) groups excluding carboxylic acids is 1. The molecule has 1 N–H and O–H groups in total. The lowest BCUT2D eigenvalue weighted by Crippen LogP contribution is -2.27. The number of hydrogen-bond donors (Lipinski definition) is 1. The van der Waals surface area contributed by atoms with Crippen molar-refractivity contribution in [3.63, 3.8) is 0 Å². The maximum Gasteiger partial charge on any atom is 0.240 e. The van der Waals surface area contributed by atoms with Gasteiger partial charge in [0.2, 0.25) is 15.8 Å². The molecule has 6 rings (SSSR count). The highest BCUT2D eigenvalue weighted by Crippen LogP contribution is 2.44. The molecular weight excluding hydrogens is 498 g/mol. The quantitative estimate of drug-likeness (QED) is 0.380. The van der Waals surface area contributed by atoms with Crippen molar-refractivity contribution in [2.75, 3.05) is 10.7 Å². The highest BCUT2D eigenvalue weighted by atomic mass is 35.5. The fourth-order valence-electron chi connectivity index (χ4n) is 3.62. The molecule has 164 valence electrons. The van der Waals surface area contributed by atoms with E-state index in [1.165, 1.54) is 34.4 Å². The third-order valence-corrected chi connectivity index (χ3v) is 8.46. The Morgan fingerprint density at radius 1 is 1.06 bits per heavy atom. The van der Waals surface area contributed by atoms with Gasteiger partial charge in [-0.05, 0) is 12.1 Å². The van der Waals surface area contributed by atoms with Gasteiger partial charge in [-0.1, -0.05) is 70.7 Å². The molecule has 0 radical (unpaired) electrons. The molecule has 1 amide bonds. The average Bonchev–Trinajstić information content (AvgIpc) is 3.54. The normalized spacial score (nSPS) is 17.0. The number of halogens is 1. The molecule has 0 bridgehead atoms. The Balaban J connectivity index is 1.27. The maximum absolute atomic E-state index is 12.6. The standard InChI is InChI=1S/C21H14ClN7OS3/c22-13-7-3-1-5-11(13)19-29(16(30)10-31-19)21-28-25-15(32-21)9-23-20-27-26-17-12-6-2-4-8-14(12)24-18(17)33-20/h1-8,19,24H,9-10H2. The maximum atomic E-state index is 12.6. The minimum atomic E-state index is -0.221. The number of hydrogen-bond acceptors (Lipinski definition) is 9. The van der Waals surface area contributed by atoms with E-state index < -0.39 is 0 Å². The highest BCUT2D eigenvalue weighted by molar-refractivity contribution is 8.00. The molecule has 0 saturated carbocycles. The second kappa shape index (κ2) is 8.49. The van der Waals surface area contributed by atoms with Gasteiger partial charge in [-0.2, -0.15) is 0 Å². The number of nitrogens with one attached hydrogen (secondary N) is 1. The molecule has 2 aromatic carbocycles. The SMILES string of the molecule is O=C1CSC(c2ccccc2Cl)N1c1nnc(CN=c2nnc3c([nH]c4ccccc43)s2)s1. The van der Waals surface area contributed by atoms with Crippen LogP contribution in [0.15, 0.2) is 53.5 Å². The number of anilines is 1. The number of H-pyrrole nitrogens is 1. The number of aromatic amines is 1. The number of thioether (sulfide) groups is 1. The summed E-state index contributed by atoms with van der Waals surface area (Å²) in [6.45, 7) is 0.306. The van der Waals surface area contributed by atoms with Crippen LogP contribution in [-0.4, -0.2) is 37.0 Å². The van der Waals surface area contributed by atoms with Crippen LogP contribution in [0.2, 0.25) is 5.02 Å². The van der Waals surface area contributed by atoms with Crippen LogP contribution in [0.25, 0.3) is 21.3 Å². The zero-order valence-corrected chi connectivity index (χ0v) is 20.0. The third-order valence-electron chi connectivity index (χ3n) is 5.13. The summed E-state index contributed by atoms with van der Waals surface area (Å²) in [4.78, 5) is 23.7. The van der Waals surface area contributed by atoms with E-state index in [-0.39, 0.29) is 11.3 Å². The van der Waals surface area contributed by atoms with E-state index in [9.17, 15) is 4.79 Å². The molecule has 4 heterocycles. The molecule has 1 aliphatic rings. The van der Waals surface area contributed by atoms with Gasteiger partial charge in [0.15, 0.2) is 0 Å². The monoisotopic (exact) mass is 511 g/mol. The van der Waals surface area contributed by atoms with Crippen molar-refractivity contribution in [1.82, 2.24) is 25.4 Å². The second-order valence-corrected chi connectivity index (χ2v) is 10.7. The summed E-state index contributed by atoms with van der Waals surface area (Å²) < 4.78 is 0. The van der Waals surface area contributed by atoms with Gasteiger partial charge in [-0.25, -0.2) is 4.99 Å². The highest BCUT2D eigenvalue weighted by Gasteiger charge is 2.37. The van der Waals surface area contributed by atoms with Gasteiger partial charge in [0.1, 0.15) is 20.7 Å². The zero-order chi connectivity index (χ0) is 22.4. The first-order chi connectivity index (χ1) is 16.2. The number of para-hydroxylation sites is 1. The van der Waals surface area contributed by atoms with Crippen molar-refractivity contribution in [2.24, 2.45) is 4.99 Å². The van der Waals surface area contributed by atoms with E-state index in [0.29, 0.717) is 32.3 Å². The molecule has 1 aliphatic heterocycles. The van der Waals surface area contributed by atoms with Crippen molar-refractivity contribution in [1.29, 1.82) is 0 Å². The Hall–Kier alpha value is -2.86. The molecule has 0 spiro atoms. The van der Waals surface area contributed by atoms with Crippen LogP contribution in [0.1, 0.15) is 15.9 Å². The summed E-state index contributed by atoms with van der Waals surface area (Å²) in [6, 6.07) is 15.5. The van der Waals surface area contributed by atoms with Crippen LogP contribution in [0.4, 0.5) is 5.13 Å². The summed E-state index contributed by atoms with van der Waals surface area (Å²) >= 11 is 10.7. The lowest BCUT2D eigenvalue weighted by molar-refractivity contribution is -0.115. The third kappa shape index (κ3) is 3.80. The first kappa shape index (κ1) is 20.7. The second-order valence-electron chi connectivity index (χ2n) is 7.18.